The minimum Gasteiger partial charge on any atom is -0.507 e. The van der Waals surface area contributed by atoms with Crippen molar-refractivity contribution in [2.45, 2.75) is 202 Å². The molecule has 0 saturated heterocycles. The van der Waals surface area contributed by atoms with Gasteiger partial charge >= 0.3 is 0 Å². The Labute approximate surface area is 406 Å². The van der Waals surface area contributed by atoms with Crippen LogP contribution in [0.25, 0.3) is 33.4 Å². The van der Waals surface area contributed by atoms with Gasteiger partial charge in [-0.2, -0.15) is 0 Å². The molecule has 4 heteroatoms. The van der Waals surface area contributed by atoms with Crippen LogP contribution >= 0.6 is 0 Å². The van der Waals surface area contributed by atoms with Crippen molar-refractivity contribution in [3.05, 3.63) is 129 Å². The zero-order valence-electron chi connectivity index (χ0n) is 42.8. The van der Waals surface area contributed by atoms with Gasteiger partial charge in [0.15, 0.2) is 0 Å². The Morgan fingerprint density at radius 1 is 0.597 bits per heavy atom. The van der Waals surface area contributed by atoms with Gasteiger partial charge in [-0.25, -0.2) is 0 Å². The number of rotatable bonds is 17. The zero-order valence-corrected chi connectivity index (χ0v) is 42.8. The van der Waals surface area contributed by atoms with Gasteiger partial charge in [0.25, 0.3) is 0 Å². The van der Waals surface area contributed by atoms with E-state index in [0.29, 0.717) is 11.5 Å². The predicted octanol–water partition coefficient (Wildman–Crippen LogP) is 18.9. The second-order valence-electron chi connectivity index (χ2n) is 19.1. The molecule has 360 valence electrons. The minimum absolute atomic E-state index is 0.182. The molecule has 0 heterocycles. The molecule has 67 heavy (non-hydrogen) atoms. The summed E-state index contributed by atoms with van der Waals surface area (Å²) in [5.41, 5.74) is 16.1. The first-order valence-electron chi connectivity index (χ1n) is 26.8. The molecule has 0 spiro atoms. The van der Waals surface area contributed by atoms with Crippen molar-refractivity contribution in [2.75, 3.05) is 0 Å². The molecule has 2 N–H and O–H groups in total. The Morgan fingerprint density at radius 3 is 1.81 bits per heavy atom. The quantitative estimate of drug-likeness (QED) is 0.0819. The second-order valence-corrected chi connectivity index (χ2v) is 19.1. The van der Waals surface area contributed by atoms with Crippen molar-refractivity contribution in [3.8, 4) is 45.3 Å². The lowest BCUT2D eigenvalue weighted by Gasteiger charge is -2.27. The van der Waals surface area contributed by atoms with E-state index in [1.54, 1.807) is 0 Å². The van der Waals surface area contributed by atoms with Crippen molar-refractivity contribution in [2.24, 2.45) is 0 Å². The van der Waals surface area contributed by atoms with Gasteiger partial charge in [-0.05, 0) is 198 Å². The van der Waals surface area contributed by atoms with Crippen LogP contribution in [0.15, 0.2) is 107 Å². The Balaban J connectivity index is 0.00000365. The van der Waals surface area contributed by atoms with E-state index in [9.17, 15) is 10.2 Å². The van der Waals surface area contributed by atoms with Crippen molar-refractivity contribution >= 4 is 11.1 Å². The summed E-state index contributed by atoms with van der Waals surface area (Å²) in [6, 6.07) is 25.1. The molecule has 7 rings (SSSR count). The monoisotopic (exact) mass is 905 g/mol. The molecular formula is C63H84O4. The maximum absolute atomic E-state index is 12.4. The van der Waals surface area contributed by atoms with Crippen LogP contribution in [0.3, 0.4) is 0 Å². The number of hydrogen-bond donors (Lipinski definition) is 2. The van der Waals surface area contributed by atoms with Gasteiger partial charge in [-0.1, -0.05) is 122 Å². The summed E-state index contributed by atoms with van der Waals surface area (Å²) in [6.07, 6.45) is 27.6. The van der Waals surface area contributed by atoms with Gasteiger partial charge in [0.05, 0.1) is 0 Å². The van der Waals surface area contributed by atoms with Gasteiger partial charge in [0.1, 0.15) is 35.2 Å². The van der Waals surface area contributed by atoms with Crippen LogP contribution in [0.4, 0.5) is 0 Å². The highest BCUT2D eigenvalue weighted by atomic mass is 16.5. The number of phenols is 2. The van der Waals surface area contributed by atoms with Gasteiger partial charge < -0.3 is 19.7 Å². The SMILES string of the molecule is CC.CCCC/C=C(CC)\C(CC)=C(/CCCC)c1cc(C)cc(-c2ccccc2O[C@@H]2CCCC2Oc2ccccc2-c2cc(C)cc(/C3=C4\CCCC\C4=C\CCCCCC3)c2O)c1O. The van der Waals surface area contributed by atoms with E-state index >= 15 is 0 Å². The van der Waals surface area contributed by atoms with E-state index in [1.165, 1.54) is 78.4 Å². The van der Waals surface area contributed by atoms with Crippen molar-refractivity contribution in [1.82, 2.24) is 0 Å². The van der Waals surface area contributed by atoms with Crippen LogP contribution in [0, 0.1) is 13.8 Å². The standard InChI is InChI=1S/C61H78O4.C2H6/c1-7-11-16-26-44(9-3)46(10-4)48(29-12-8-2)52-38-42(5)40-54(60(52)62)50-32-21-23-34-56(50)64-58-36-25-37-59(58)65-57-35-24-22-33-51(57)55-41-43(6)39-53(61(55)63)49-31-18-15-13-14-17-27-45-28-19-20-30-47(45)49;1-2/h21-24,26-27,32-35,38-41,58-59,62-63H,7-20,25,28-31,36-37H2,1-6H3;1-2H3/b44-26-,45-27-,48-46+,49-47+;/t58-,59?;/m1./s1. The summed E-state index contributed by atoms with van der Waals surface area (Å²) in [4.78, 5) is 0. The fourth-order valence-corrected chi connectivity index (χ4v) is 10.9. The lowest BCUT2D eigenvalue weighted by atomic mass is 9.80. The minimum atomic E-state index is -0.184. The molecule has 0 amide bonds. The lowest BCUT2D eigenvalue weighted by Crippen LogP contribution is -2.31. The topological polar surface area (TPSA) is 58.9 Å². The van der Waals surface area contributed by atoms with Crippen LogP contribution < -0.4 is 9.47 Å². The molecule has 2 atom stereocenters. The first-order chi connectivity index (χ1) is 32.8. The number of fused-ring (bicyclic) bond motifs is 1. The molecule has 0 radical (unpaired) electrons. The molecule has 4 aromatic carbocycles. The van der Waals surface area contributed by atoms with Crippen molar-refractivity contribution in [3.63, 3.8) is 0 Å². The fourth-order valence-electron chi connectivity index (χ4n) is 10.9. The normalized spacial score (nSPS) is 20.2. The van der Waals surface area contributed by atoms with E-state index in [0.717, 1.165) is 146 Å². The van der Waals surface area contributed by atoms with E-state index in [2.05, 4.69) is 102 Å². The van der Waals surface area contributed by atoms with Crippen molar-refractivity contribution < 1.29 is 19.7 Å². The summed E-state index contributed by atoms with van der Waals surface area (Å²) in [5.74, 6) is 2.22. The highest BCUT2D eigenvalue weighted by Crippen LogP contribution is 2.48. The lowest BCUT2D eigenvalue weighted by molar-refractivity contribution is 0.0787. The van der Waals surface area contributed by atoms with Crippen LogP contribution in [-0.2, 0) is 0 Å². The van der Waals surface area contributed by atoms with E-state index in [4.69, 9.17) is 9.47 Å². The molecule has 2 saturated carbocycles. The van der Waals surface area contributed by atoms with Crippen LogP contribution in [-0.4, -0.2) is 22.4 Å². The maximum Gasteiger partial charge on any atom is 0.135 e. The molecule has 0 aromatic heterocycles. The molecule has 2 fully saturated rings. The van der Waals surface area contributed by atoms with E-state index in [-0.39, 0.29) is 12.2 Å². The number of phenolic OH excluding ortho intramolecular Hbond substituents is 2. The molecule has 0 bridgehead atoms. The van der Waals surface area contributed by atoms with Gasteiger partial charge in [0, 0.05) is 33.4 Å². The first-order valence-corrected chi connectivity index (χ1v) is 26.8. The zero-order chi connectivity index (χ0) is 47.7. The van der Waals surface area contributed by atoms with E-state index < -0.39 is 0 Å². The molecule has 4 aromatic rings. The Kier molecular flexibility index (Phi) is 19.9. The number of aryl methyl sites for hydroxylation is 2. The number of unbranched alkanes of at least 4 members (excludes halogenated alkanes) is 3. The highest BCUT2D eigenvalue weighted by molar-refractivity contribution is 5.87. The Hall–Kier alpha value is -4.96. The molecule has 0 aliphatic heterocycles. The third kappa shape index (κ3) is 12.8. The number of allylic oxidation sites excluding steroid dienone is 8. The third-order valence-electron chi connectivity index (χ3n) is 14.3. The summed E-state index contributed by atoms with van der Waals surface area (Å²) in [5, 5.41) is 24.8. The largest absolute Gasteiger partial charge is 0.507 e. The number of hydrogen-bond acceptors (Lipinski definition) is 4. The number of benzene rings is 4. The first kappa shape index (κ1) is 51.4. The smallest absolute Gasteiger partial charge is 0.135 e. The van der Waals surface area contributed by atoms with Gasteiger partial charge in [-0.15, -0.1) is 0 Å². The number of aromatic hydroxyl groups is 2. The summed E-state index contributed by atoms with van der Waals surface area (Å²) < 4.78 is 14.1. The second kappa shape index (κ2) is 26.0. The highest BCUT2D eigenvalue weighted by Gasteiger charge is 2.33. The molecule has 1 unspecified atom stereocenters. The molecule has 4 nitrogen and oxygen atoms in total. The average molecular weight is 905 g/mol. The molecule has 3 aliphatic rings. The van der Waals surface area contributed by atoms with Crippen LogP contribution in [0.2, 0.25) is 0 Å². The van der Waals surface area contributed by atoms with Crippen molar-refractivity contribution in [1.29, 1.82) is 0 Å². The Morgan fingerprint density at radius 2 is 1.16 bits per heavy atom. The molecule has 3 aliphatic carbocycles. The van der Waals surface area contributed by atoms with Crippen LogP contribution in [0.5, 0.6) is 23.0 Å². The maximum atomic E-state index is 12.4. The van der Waals surface area contributed by atoms with Gasteiger partial charge in [-0.3, -0.25) is 0 Å². The summed E-state index contributed by atoms with van der Waals surface area (Å²) >= 11 is 0. The van der Waals surface area contributed by atoms with E-state index in [1.807, 2.05) is 38.1 Å². The third-order valence-corrected chi connectivity index (χ3v) is 14.3. The summed E-state index contributed by atoms with van der Waals surface area (Å²) in [7, 11) is 0. The number of ether oxygens (including phenoxy) is 2. The summed E-state index contributed by atoms with van der Waals surface area (Å²) in [6.45, 7) is 17.3. The molecular weight excluding hydrogens is 821 g/mol. The predicted molar refractivity (Wildman–Crippen MR) is 286 cm³/mol. The van der Waals surface area contributed by atoms with Crippen LogP contribution in [0.1, 0.15) is 199 Å². The average Bonchev–Trinajstić information content (AvgIpc) is 3.79. The van der Waals surface area contributed by atoms with Gasteiger partial charge in [0.2, 0.25) is 0 Å². The fraction of sp³-hybridized carbons (Fsp3) is 0.492. The Bertz CT molecular complexity index is 2370. The number of para-hydroxylation sites is 2.